The number of nitrogen functional groups attached to an aromatic ring is 1. The monoisotopic (exact) mass is 318 g/mol. The summed E-state index contributed by atoms with van der Waals surface area (Å²) >= 11 is 6.03. The van der Waals surface area contributed by atoms with Gasteiger partial charge < -0.3 is 15.4 Å². The van der Waals surface area contributed by atoms with Crippen LogP contribution in [0.5, 0.6) is 11.6 Å². The summed E-state index contributed by atoms with van der Waals surface area (Å²) in [4.78, 5) is 10.7. The van der Waals surface area contributed by atoms with E-state index in [-0.39, 0.29) is 0 Å². The second-order valence-corrected chi connectivity index (χ2v) is 5.88. The highest BCUT2D eigenvalue weighted by atomic mass is 35.5. The Morgan fingerprint density at radius 3 is 2.68 bits per heavy atom. The summed E-state index contributed by atoms with van der Waals surface area (Å²) in [6.07, 6.45) is 5.08. The Morgan fingerprint density at radius 2 is 1.95 bits per heavy atom. The molecule has 22 heavy (non-hydrogen) atoms. The van der Waals surface area contributed by atoms with Gasteiger partial charge in [0.25, 0.3) is 0 Å². The van der Waals surface area contributed by atoms with E-state index in [0.29, 0.717) is 22.3 Å². The molecule has 6 heteroatoms. The summed E-state index contributed by atoms with van der Waals surface area (Å²) in [6.45, 7) is 3.87. The van der Waals surface area contributed by atoms with Gasteiger partial charge in [-0.3, -0.25) is 0 Å². The Morgan fingerprint density at radius 1 is 1.18 bits per heavy atom. The van der Waals surface area contributed by atoms with Crippen molar-refractivity contribution in [1.82, 2.24) is 9.97 Å². The molecule has 1 aromatic heterocycles. The fourth-order valence-electron chi connectivity index (χ4n) is 2.60. The predicted octanol–water partition coefficient (Wildman–Crippen LogP) is 3.80. The average Bonchev–Trinajstić information content (AvgIpc) is 2.54. The molecular weight excluding hydrogens is 300 g/mol. The number of hydrogen-bond acceptors (Lipinski definition) is 5. The standard InChI is InChI=1S/C16H19ClN4O/c1-11-9-12(5-6-13(11)17)22-16-14(18)15(19-10-20-16)21-7-3-2-4-8-21/h5-6,9-10H,2-4,7-8,18H2,1H3. The van der Waals surface area contributed by atoms with Crippen molar-refractivity contribution < 1.29 is 4.74 Å². The van der Waals surface area contributed by atoms with Gasteiger partial charge in [0, 0.05) is 18.1 Å². The molecule has 0 aliphatic carbocycles. The van der Waals surface area contributed by atoms with Crippen LogP contribution in [0.25, 0.3) is 0 Å². The molecule has 0 atom stereocenters. The SMILES string of the molecule is Cc1cc(Oc2ncnc(N3CCCCC3)c2N)ccc1Cl. The van der Waals surface area contributed by atoms with Crippen LogP contribution in [0, 0.1) is 6.92 Å². The van der Waals surface area contributed by atoms with E-state index in [0.717, 1.165) is 37.3 Å². The minimum atomic E-state index is 0.386. The van der Waals surface area contributed by atoms with Gasteiger partial charge in [0.1, 0.15) is 17.8 Å². The molecule has 0 unspecified atom stereocenters. The molecule has 0 saturated carbocycles. The van der Waals surface area contributed by atoms with Crippen LogP contribution in [0.4, 0.5) is 11.5 Å². The fourth-order valence-corrected chi connectivity index (χ4v) is 2.72. The van der Waals surface area contributed by atoms with E-state index in [4.69, 9.17) is 22.1 Å². The Hall–Kier alpha value is -2.01. The van der Waals surface area contributed by atoms with Gasteiger partial charge in [-0.05, 0) is 49.9 Å². The number of halogens is 1. The van der Waals surface area contributed by atoms with Gasteiger partial charge in [0.05, 0.1) is 0 Å². The topological polar surface area (TPSA) is 64.3 Å². The third-order valence-electron chi connectivity index (χ3n) is 3.83. The summed E-state index contributed by atoms with van der Waals surface area (Å²) < 4.78 is 5.82. The maximum atomic E-state index is 6.21. The van der Waals surface area contributed by atoms with Crippen molar-refractivity contribution >= 4 is 23.1 Å². The summed E-state index contributed by atoms with van der Waals surface area (Å²) in [5, 5.41) is 0.706. The first-order valence-electron chi connectivity index (χ1n) is 7.44. The number of rotatable bonds is 3. The van der Waals surface area contributed by atoms with Gasteiger partial charge in [-0.2, -0.15) is 4.98 Å². The molecule has 0 spiro atoms. The molecule has 1 saturated heterocycles. The molecule has 5 nitrogen and oxygen atoms in total. The number of ether oxygens (including phenoxy) is 1. The number of piperidine rings is 1. The number of anilines is 2. The van der Waals surface area contributed by atoms with Crippen molar-refractivity contribution in [3.63, 3.8) is 0 Å². The van der Waals surface area contributed by atoms with Crippen LogP contribution in [0.3, 0.4) is 0 Å². The summed E-state index contributed by atoms with van der Waals surface area (Å²) in [5.74, 6) is 1.81. The first-order valence-corrected chi connectivity index (χ1v) is 7.82. The van der Waals surface area contributed by atoms with Crippen LogP contribution in [0.2, 0.25) is 5.02 Å². The molecule has 2 heterocycles. The summed E-state index contributed by atoms with van der Waals surface area (Å²) in [5.41, 5.74) is 7.64. The van der Waals surface area contributed by atoms with E-state index >= 15 is 0 Å². The largest absolute Gasteiger partial charge is 0.437 e. The molecule has 1 aliphatic heterocycles. The zero-order chi connectivity index (χ0) is 15.5. The highest BCUT2D eigenvalue weighted by Gasteiger charge is 2.18. The smallest absolute Gasteiger partial charge is 0.248 e. The Bertz CT molecular complexity index is 671. The quantitative estimate of drug-likeness (QED) is 0.932. The molecule has 2 aromatic rings. The second-order valence-electron chi connectivity index (χ2n) is 5.48. The van der Waals surface area contributed by atoms with Crippen molar-refractivity contribution in [3.8, 4) is 11.6 Å². The first kappa shape index (κ1) is 14.9. The molecular formula is C16H19ClN4O. The highest BCUT2D eigenvalue weighted by Crippen LogP contribution is 2.33. The lowest BCUT2D eigenvalue weighted by Gasteiger charge is -2.28. The number of aryl methyl sites for hydroxylation is 1. The molecule has 0 amide bonds. The fraction of sp³-hybridized carbons (Fsp3) is 0.375. The molecule has 3 rings (SSSR count). The molecule has 116 valence electrons. The van der Waals surface area contributed by atoms with Crippen molar-refractivity contribution in [2.45, 2.75) is 26.2 Å². The molecule has 1 fully saturated rings. The van der Waals surface area contributed by atoms with Gasteiger partial charge in [0.2, 0.25) is 5.88 Å². The number of hydrogen-bond donors (Lipinski definition) is 1. The third-order valence-corrected chi connectivity index (χ3v) is 4.25. The van der Waals surface area contributed by atoms with Crippen molar-refractivity contribution in [1.29, 1.82) is 0 Å². The van der Waals surface area contributed by atoms with Crippen LogP contribution in [-0.4, -0.2) is 23.1 Å². The van der Waals surface area contributed by atoms with E-state index in [9.17, 15) is 0 Å². The van der Waals surface area contributed by atoms with E-state index in [1.807, 2.05) is 13.0 Å². The van der Waals surface area contributed by atoms with Gasteiger partial charge in [-0.25, -0.2) is 4.98 Å². The lowest BCUT2D eigenvalue weighted by Crippen LogP contribution is -2.31. The van der Waals surface area contributed by atoms with Gasteiger partial charge in [-0.1, -0.05) is 11.6 Å². The van der Waals surface area contributed by atoms with Crippen molar-refractivity contribution in [2.24, 2.45) is 0 Å². The van der Waals surface area contributed by atoms with Crippen LogP contribution in [0.15, 0.2) is 24.5 Å². The summed E-state index contributed by atoms with van der Waals surface area (Å²) in [7, 11) is 0. The van der Waals surface area contributed by atoms with E-state index in [2.05, 4.69) is 14.9 Å². The third kappa shape index (κ3) is 3.09. The van der Waals surface area contributed by atoms with Crippen molar-refractivity contribution in [3.05, 3.63) is 35.1 Å². The number of benzene rings is 1. The molecule has 1 aliphatic rings. The highest BCUT2D eigenvalue weighted by molar-refractivity contribution is 6.31. The van der Waals surface area contributed by atoms with Crippen LogP contribution < -0.4 is 15.4 Å². The van der Waals surface area contributed by atoms with Crippen LogP contribution in [-0.2, 0) is 0 Å². The Balaban J connectivity index is 1.86. The molecule has 1 aromatic carbocycles. The zero-order valence-electron chi connectivity index (χ0n) is 12.6. The van der Waals surface area contributed by atoms with Crippen LogP contribution in [0.1, 0.15) is 24.8 Å². The maximum Gasteiger partial charge on any atom is 0.248 e. The van der Waals surface area contributed by atoms with Gasteiger partial charge >= 0.3 is 0 Å². The Labute approximate surface area is 135 Å². The molecule has 2 N–H and O–H groups in total. The van der Waals surface area contributed by atoms with Gasteiger partial charge in [-0.15, -0.1) is 0 Å². The normalized spacial score (nSPS) is 14.9. The lowest BCUT2D eigenvalue weighted by molar-refractivity contribution is 0.463. The number of aromatic nitrogens is 2. The molecule has 0 bridgehead atoms. The van der Waals surface area contributed by atoms with E-state index in [1.165, 1.54) is 12.7 Å². The zero-order valence-corrected chi connectivity index (χ0v) is 13.3. The first-order chi connectivity index (χ1) is 10.6. The van der Waals surface area contributed by atoms with E-state index < -0.39 is 0 Å². The Kier molecular flexibility index (Phi) is 4.34. The van der Waals surface area contributed by atoms with Crippen LogP contribution >= 0.6 is 11.6 Å². The minimum Gasteiger partial charge on any atom is -0.437 e. The summed E-state index contributed by atoms with van der Waals surface area (Å²) in [6, 6.07) is 5.47. The maximum absolute atomic E-state index is 6.21. The van der Waals surface area contributed by atoms with Crippen molar-refractivity contribution in [2.75, 3.05) is 23.7 Å². The minimum absolute atomic E-state index is 0.386. The van der Waals surface area contributed by atoms with Gasteiger partial charge in [0.15, 0.2) is 5.82 Å². The predicted molar refractivity (Wildman–Crippen MR) is 88.8 cm³/mol. The molecule has 0 radical (unpaired) electrons. The number of nitrogens with two attached hydrogens (primary N) is 1. The van der Waals surface area contributed by atoms with E-state index in [1.54, 1.807) is 12.1 Å². The average molecular weight is 319 g/mol. The lowest BCUT2D eigenvalue weighted by atomic mass is 10.1. The second kappa shape index (κ2) is 6.40. The number of nitrogens with zero attached hydrogens (tertiary/aromatic N) is 3.